The molecule has 4 unspecified atom stereocenters. The summed E-state index contributed by atoms with van der Waals surface area (Å²) >= 11 is 0. The van der Waals surface area contributed by atoms with Gasteiger partial charge in [-0.15, -0.1) is 0 Å². The zero-order valence-corrected chi connectivity index (χ0v) is 18.1. The predicted octanol–water partition coefficient (Wildman–Crippen LogP) is 4.32. The SMILES string of the molecule is CC1=C(C)C(C)(C(N)(c2ccccc2)c2ccccc2)C(C)(N)C(C)(N)C1C. The maximum absolute atomic E-state index is 7.47. The lowest BCUT2D eigenvalue weighted by Crippen LogP contribution is -2.80. The van der Waals surface area contributed by atoms with Gasteiger partial charge in [0.15, 0.2) is 0 Å². The van der Waals surface area contributed by atoms with E-state index in [4.69, 9.17) is 17.2 Å². The van der Waals surface area contributed by atoms with Gasteiger partial charge in [0.2, 0.25) is 0 Å². The highest BCUT2D eigenvalue weighted by atomic mass is 15.0. The zero-order valence-electron chi connectivity index (χ0n) is 18.1. The van der Waals surface area contributed by atoms with Gasteiger partial charge in [-0.1, -0.05) is 85.7 Å². The lowest BCUT2D eigenvalue weighted by molar-refractivity contribution is 0.0154. The van der Waals surface area contributed by atoms with Crippen molar-refractivity contribution < 1.29 is 0 Å². The van der Waals surface area contributed by atoms with Crippen LogP contribution in [0.15, 0.2) is 71.8 Å². The number of rotatable bonds is 3. The largest absolute Gasteiger partial charge is 0.323 e. The van der Waals surface area contributed by atoms with Gasteiger partial charge in [0.05, 0.1) is 5.54 Å². The maximum Gasteiger partial charge on any atom is 0.0776 e. The second kappa shape index (κ2) is 6.55. The van der Waals surface area contributed by atoms with Crippen molar-refractivity contribution in [3.8, 4) is 0 Å². The normalized spacial score (nSPS) is 33.8. The smallest absolute Gasteiger partial charge is 0.0776 e. The Morgan fingerprint density at radius 1 is 0.786 bits per heavy atom. The number of hydrogen-bond donors (Lipinski definition) is 3. The zero-order chi connectivity index (χ0) is 21.0. The van der Waals surface area contributed by atoms with Crippen LogP contribution in [0.2, 0.25) is 0 Å². The molecule has 2 aromatic carbocycles. The van der Waals surface area contributed by atoms with Crippen molar-refractivity contribution in [1.29, 1.82) is 0 Å². The second-order valence-electron chi connectivity index (χ2n) is 9.18. The van der Waals surface area contributed by atoms with Gasteiger partial charge in [-0.3, -0.25) is 0 Å². The fourth-order valence-electron chi connectivity index (χ4n) is 5.40. The highest BCUT2D eigenvalue weighted by molar-refractivity contribution is 5.50. The minimum Gasteiger partial charge on any atom is -0.323 e. The van der Waals surface area contributed by atoms with E-state index in [9.17, 15) is 0 Å². The molecule has 3 heteroatoms. The first-order valence-electron chi connectivity index (χ1n) is 10.1. The van der Waals surface area contributed by atoms with Gasteiger partial charge in [0.25, 0.3) is 0 Å². The molecule has 1 aliphatic rings. The number of nitrogens with two attached hydrogens (primary N) is 3. The standard InChI is InChI=1S/C25H35N3/c1-17-18(2)22(4,24(6,27)23(5,26)19(17)3)25(28,20-13-9-7-10-14-20)21-15-11-8-12-16-21/h7-16,19H,26-28H2,1-6H3. The van der Waals surface area contributed by atoms with Crippen LogP contribution in [0.25, 0.3) is 0 Å². The third-order valence-electron chi connectivity index (χ3n) is 8.30. The van der Waals surface area contributed by atoms with Crippen molar-refractivity contribution in [2.45, 2.75) is 58.2 Å². The van der Waals surface area contributed by atoms with Crippen LogP contribution in [0.5, 0.6) is 0 Å². The predicted molar refractivity (Wildman–Crippen MR) is 119 cm³/mol. The Kier molecular flexibility index (Phi) is 4.86. The summed E-state index contributed by atoms with van der Waals surface area (Å²) in [7, 11) is 0. The van der Waals surface area contributed by atoms with Gasteiger partial charge in [0.1, 0.15) is 0 Å². The molecule has 0 spiro atoms. The Morgan fingerprint density at radius 3 is 1.57 bits per heavy atom. The lowest BCUT2D eigenvalue weighted by Gasteiger charge is -2.65. The average Bonchev–Trinajstić information content (AvgIpc) is 2.71. The first-order valence-corrected chi connectivity index (χ1v) is 10.1. The monoisotopic (exact) mass is 377 g/mol. The fourth-order valence-corrected chi connectivity index (χ4v) is 5.40. The summed E-state index contributed by atoms with van der Waals surface area (Å²) in [5, 5.41) is 0. The van der Waals surface area contributed by atoms with Crippen molar-refractivity contribution >= 4 is 0 Å². The minimum atomic E-state index is -0.842. The van der Waals surface area contributed by atoms with Gasteiger partial charge >= 0.3 is 0 Å². The van der Waals surface area contributed by atoms with E-state index in [0.717, 1.165) is 11.1 Å². The van der Waals surface area contributed by atoms with Crippen LogP contribution in [0.4, 0.5) is 0 Å². The molecule has 1 aliphatic carbocycles. The van der Waals surface area contributed by atoms with E-state index >= 15 is 0 Å². The van der Waals surface area contributed by atoms with Gasteiger partial charge in [-0.05, 0) is 44.7 Å². The van der Waals surface area contributed by atoms with E-state index in [1.54, 1.807) is 0 Å². The third-order valence-corrected chi connectivity index (χ3v) is 8.30. The van der Waals surface area contributed by atoms with Crippen LogP contribution in [-0.2, 0) is 5.54 Å². The Labute approximate surface area is 170 Å². The van der Waals surface area contributed by atoms with Gasteiger partial charge < -0.3 is 17.2 Å². The fraction of sp³-hybridized carbons (Fsp3) is 0.440. The summed E-state index contributed by atoms with van der Waals surface area (Å²) in [5.74, 6) is 0.159. The van der Waals surface area contributed by atoms with E-state index in [1.807, 2.05) is 36.4 Å². The van der Waals surface area contributed by atoms with Gasteiger partial charge in [-0.25, -0.2) is 0 Å². The molecule has 28 heavy (non-hydrogen) atoms. The quantitative estimate of drug-likeness (QED) is 0.697. The summed E-state index contributed by atoms with van der Waals surface area (Å²) in [4.78, 5) is 0. The number of hydrogen-bond acceptors (Lipinski definition) is 3. The molecule has 0 amide bonds. The topological polar surface area (TPSA) is 78.1 Å². The maximum atomic E-state index is 7.47. The average molecular weight is 378 g/mol. The van der Waals surface area contributed by atoms with Crippen LogP contribution >= 0.6 is 0 Å². The summed E-state index contributed by atoms with van der Waals surface area (Å²) in [6, 6.07) is 20.6. The van der Waals surface area contributed by atoms with Crippen molar-refractivity contribution in [1.82, 2.24) is 0 Å². The van der Waals surface area contributed by atoms with E-state index in [0.29, 0.717) is 0 Å². The van der Waals surface area contributed by atoms with Crippen LogP contribution in [0, 0.1) is 11.3 Å². The summed E-state index contributed by atoms with van der Waals surface area (Å²) in [6.07, 6.45) is 0. The molecule has 0 aliphatic heterocycles. The molecule has 4 atom stereocenters. The molecule has 3 nitrogen and oxygen atoms in total. The first kappa shape index (κ1) is 20.8. The molecule has 6 N–H and O–H groups in total. The van der Waals surface area contributed by atoms with Crippen molar-refractivity contribution in [2.75, 3.05) is 0 Å². The van der Waals surface area contributed by atoms with Crippen molar-refractivity contribution in [3.05, 3.63) is 82.9 Å². The van der Waals surface area contributed by atoms with Crippen LogP contribution in [-0.4, -0.2) is 11.1 Å². The van der Waals surface area contributed by atoms with Gasteiger partial charge in [-0.2, -0.15) is 0 Å². The van der Waals surface area contributed by atoms with E-state index in [1.165, 1.54) is 11.1 Å². The molecule has 0 saturated carbocycles. The molecular weight excluding hydrogens is 342 g/mol. The second-order valence-corrected chi connectivity index (χ2v) is 9.18. The Balaban J connectivity index is 2.46. The molecule has 0 saturated heterocycles. The van der Waals surface area contributed by atoms with Crippen LogP contribution in [0.1, 0.15) is 52.7 Å². The summed E-state index contributed by atoms with van der Waals surface area (Å²) < 4.78 is 0. The molecule has 0 fully saturated rings. The third kappa shape index (κ3) is 2.40. The lowest BCUT2D eigenvalue weighted by atomic mass is 9.43. The Bertz CT molecular complexity index is 841. The first-order chi connectivity index (χ1) is 12.9. The van der Waals surface area contributed by atoms with Gasteiger partial charge in [0, 0.05) is 16.5 Å². The van der Waals surface area contributed by atoms with Crippen molar-refractivity contribution in [2.24, 2.45) is 28.5 Å². The van der Waals surface area contributed by atoms with Crippen molar-refractivity contribution in [3.63, 3.8) is 0 Å². The molecule has 0 heterocycles. The van der Waals surface area contributed by atoms with Crippen LogP contribution < -0.4 is 17.2 Å². The van der Waals surface area contributed by atoms with E-state index < -0.39 is 22.0 Å². The van der Waals surface area contributed by atoms with Crippen LogP contribution in [0.3, 0.4) is 0 Å². The molecule has 0 bridgehead atoms. The molecule has 3 rings (SSSR count). The molecule has 150 valence electrons. The number of benzene rings is 2. The Hall–Kier alpha value is -1.94. The molecule has 0 aromatic heterocycles. The molecule has 2 aromatic rings. The summed E-state index contributed by atoms with van der Waals surface area (Å²) in [6.45, 7) is 12.9. The minimum absolute atomic E-state index is 0.159. The van der Waals surface area contributed by atoms with E-state index in [-0.39, 0.29) is 5.92 Å². The molecule has 0 radical (unpaired) electrons. The van der Waals surface area contributed by atoms with E-state index in [2.05, 4.69) is 65.8 Å². The highest BCUT2D eigenvalue weighted by Crippen LogP contribution is 2.60. The summed E-state index contributed by atoms with van der Waals surface area (Å²) in [5.41, 5.74) is 23.4. The highest BCUT2D eigenvalue weighted by Gasteiger charge is 2.66. The molecular formula is C25H35N3. The Morgan fingerprint density at radius 2 is 1.18 bits per heavy atom.